The van der Waals surface area contributed by atoms with Crippen molar-refractivity contribution in [2.45, 2.75) is 44.6 Å². The van der Waals surface area contributed by atoms with Crippen LogP contribution in [-0.4, -0.2) is 69.4 Å². The zero-order chi connectivity index (χ0) is 25.8. The van der Waals surface area contributed by atoms with Crippen LogP contribution in [0.25, 0.3) is 0 Å². The minimum absolute atomic E-state index is 0.0523. The Kier molecular flexibility index (Phi) is 11.1. The SMILES string of the molecule is COc1ccc(CCNCC(O)COc2ccc(OCCCCCO)c3c2CCC(=O)N3)cc1OC. The molecule has 0 saturated heterocycles. The highest BCUT2D eigenvalue weighted by atomic mass is 16.5. The molecular weight excluding hydrogens is 464 g/mol. The van der Waals surface area contributed by atoms with E-state index < -0.39 is 6.10 Å². The first kappa shape index (κ1) is 27.6. The van der Waals surface area contributed by atoms with Gasteiger partial charge in [0.1, 0.15) is 24.2 Å². The van der Waals surface area contributed by atoms with Crippen molar-refractivity contribution in [1.82, 2.24) is 5.32 Å². The summed E-state index contributed by atoms with van der Waals surface area (Å²) in [7, 11) is 3.22. The molecule has 2 aromatic carbocycles. The number of aliphatic hydroxyl groups is 2. The molecule has 9 heteroatoms. The third-order valence-electron chi connectivity index (χ3n) is 6.01. The van der Waals surface area contributed by atoms with E-state index in [1.54, 1.807) is 20.3 Å². The van der Waals surface area contributed by atoms with Gasteiger partial charge < -0.3 is 39.8 Å². The summed E-state index contributed by atoms with van der Waals surface area (Å²) in [6, 6.07) is 9.45. The van der Waals surface area contributed by atoms with Crippen molar-refractivity contribution in [2.24, 2.45) is 0 Å². The molecule has 0 fully saturated rings. The standard InChI is InChI=1S/C27H38N2O7/c1-33-23-8-6-19(16-25(23)34-2)12-13-28-17-20(31)18-36-22-9-10-24(35-15-5-3-4-14-30)27-21(22)7-11-26(32)29-27/h6,8-10,16,20,28,30-31H,3-5,7,11-15,17-18H2,1-2H3,(H,29,32). The third kappa shape index (κ3) is 8.01. The number of anilines is 1. The number of hydrogen-bond donors (Lipinski definition) is 4. The van der Waals surface area contributed by atoms with Gasteiger partial charge in [-0.05, 0) is 68.5 Å². The number of fused-ring (bicyclic) bond motifs is 1. The molecule has 1 unspecified atom stereocenters. The molecule has 1 aliphatic heterocycles. The Labute approximate surface area is 212 Å². The molecule has 1 aliphatic rings. The summed E-state index contributed by atoms with van der Waals surface area (Å²) in [5, 5.41) is 25.5. The van der Waals surface area contributed by atoms with E-state index >= 15 is 0 Å². The Morgan fingerprint density at radius 1 is 0.972 bits per heavy atom. The largest absolute Gasteiger partial charge is 0.493 e. The van der Waals surface area contributed by atoms with Crippen LogP contribution in [0.3, 0.4) is 0 Å². The summed E-state index contributed by atoms with van der Waals surface area (Å²) in [6.07, 6.45) is 3.48. The highest BCUT2D eigenvalue weighted by Crippen LogP contribution is 2.39. The van der Waals surface area contributed by atoms with Crippen molar-refractivity contribution in [3.8, 4) is 23.0 Å². The van der Waals surface area contributed by atoms with Crippen molar-refractivity contribution in [1.29, 1.82) is 0 Å². The molecule has 4 N–H and O–H groups in total. The van der Waals surface area contributed by atoms with Crippen molar-refractivity contribution in [3.05, 3.63) is 41.5 Å². The Balaban J connectivity index is 1.47. The molecule has 1 amide bonds. The maximum Gasteiger partial charge on any atom is 0.224 e. The van der Waals surface area contributed by atoms with E-state index in [1.165, 1.54) is 0 Å². The van der Waals surface area contributed by atoms with Crippen molar-refractivity contribution in [3.63, 3.8) is 0 Å². The quantitative estimate of drug-likeness (QED) is 0.259. The fourth-order valence-electron chi connectivity index (χ4n) is 4.04. The van der Waals surface area contributed by atoms with Crippen LogP contribution in [0.15, 0.2) is 30.3 Å². The summed E-state index contributed by atoms with van der Waals surface area (Å²) in [6.45, 7) is 1.90. The number of nitrogens with one attached hydrogen (secondary N) is 2. The smallest absolute Gasteiger partial charge is 0.224 e. The van der Waals surface area contributed by atoms with Crippen LogP contribution in [0, 0.1) is 0 Å². The Bertz CT molecular complexity index is 983. The van der Waals surface area contributed by atoms with Crippen LogP contribution in [0.5, 0.6) is 23.0 Å². The fraction of sp³-hybridized carbons (Fsp3) is 0.519. The second-order valence-corrected chi connectivity index (χ2v) is 8.70. The Morgan fingerprint density at radius 3 is 2.53 bits per heavy atom. The molecule has 36 heavy (non-hydrogen) atoms. The number of methoxy groups -OCH3 is 2. The van der Waals surface area contributed by atoms with E-state index in [4.69, 9.17) is 24.1 Å². The maximum absolute atomic E-state index is 12.0. The van der Waals surface area contributed by atoms with Crippen LogP contribution < -0.4 is 29.6 Å². The minimum atomic E-state index is -0.688. The van der Waals surface area contributed by atoms with Crippen LogP contribution in [0.1, 0.15) is 36.8 Å². The molecule has 1 heterocycles. The molecule has 3 rings (SSSR count). The highest BCUT2D eigenvalue weighted by molar-refractivity contribution is 5.96. The van der Waals surface area contributed by atoms with Gasteiger partial charge in [0.15, 0.2) is 11.5 Å². The second kappa shape index (κ2) is 14.5. The van der Waals surface area contributed by atoms with Crippen LogP contribution >= 0.6 is 0 Å². The number of carbonyl (C=O) groups excluding carboxylic acids is 1. The summed E-state index contributed by atoms with van der Waals surface area (Å²) in [5.41, 5.74) is 2.64. The van der Waals surface area contributed by atoms with Gasteiger partial charge in [-0.15, -0.1) is 0 Å². The van der Waals surface area contributed by atoms with Crippen molar-refractivity contribution >= 4 is 11.6 Å². The average Bonchev–Trinajstić information content (AvgIpc) is 2.90. The third-order valence-corrected chi connectivity index (χ3v) is 6.01. The molecule has 0 radical (unpaired) electrons. The highest BCUT2D eigenvalue weighted by Gasteiger charge is 2.23. The molecule has 0 saturated carbocycles. The predicted octanol–water partition coefficient (Wildman–Crippen LogP) is 2.70. The summed E-state index contributed by atoms with van der Waals surface area (Å²) < 4.78 is 22.4. The Morgan fingerprint density at radius 2 is 1.75 bits per heavy atom. The number of amides is 1. The molecule has 0 aliphatic carbocycles. The number of aliphatic hydroxyl groups excluding tert-OH is 2. The van der Waals surface area contributed by atoms with Gasteiger partial charge in [0, 0.05) is 25.1 Å². The van der Waals surface area contributed by atoms with Gasteiger partial charge in [-0.2, -0.15) is 0 Å². The zero-order valence-corrected chi connectivity index (χ0v) is 21.2. The summed E-state index contributed by atoms with van der Waals surface area (Å²) in [5.74, 6) is 2.60. The van der Waals surface area contributed by atoms with Gasteiger partial charge in [0.05, 0.1) is 26.5 Å². The first-order valence-corrected chi connectivity index (χ1v) is 12.5. The number of rotatable bonds is 16. The van der Waals surface area contributed by atoms with Crippen molar-refractivity contribution in [2.75, 3.05) is 52.4 Å². The lowest BCUT2D eigenvalue weighted by Crippen LogP contribution is -2.32. The topological polar surface area (TPSA) is 119 Å². The molecule has 2 aromatic rings. The molecular formula is C27H38N2O7. The number of hydrogen-bond acceptors (Lipinski definition) is 8. The summed E-state index contributed by atoms with van der Waals surface area (Å²) in [4.78, 5) is 12.0. The van der Waals surface area contributed by atoms with E-state index in [9.17, 15) is 9.90 Å². The lowest BCUT2D eigenvalue weighted by Gasteiger charge is -2.24. The molecule has 0 bridgehead atoms. The van der Waals surface area contributed by atoms with Gasteiger partial charge in [0.25, 0.3) is 0 Å². The lowest BCUT2D eigenvalue weighted by atomic mass is 10.0. The second-order valence-electron chi connectivity index (χ2n) is 8.70. The minimum Gasteiger partial charge on any atom is -0.493 e. The van der Waals surface area contributed by atoms with Crippen LogP contribution in [-0.2, 0) is 17.6 Å². The van der Waals surface area contributed by atoms with Crippen LogP contribution in [0.4, 0.5) is 5.69 Å². The van der Waals surface area contributed by atoms with Gasteiger partial charge in [-0.3, -0.25) is 4.79 Å². The van der Waals surface area contributed by atoms with Gasteiger partial charge in [-0.25, -0.2) is 0 Å². The molecule has 1 atom stereocenters. The van der Waals surface area contributed by atoms with Crippen molar-refractivity contribution < 1.29 is 34.0 Å². The predicted molar refractivity (Wildman–Crippen MR) is 137 cm³/mol. The van der Waals surface area contributed by atoms with Crippen LogP contribution in [0.2, 0.25) is 0 Å². The monoisotopic (exact) mass is 502 g/mol. The van der Waals surface area contributed by atoms with Gasteiger partial charge in [0.2, 0.25) is 5.91 Å². The molecule has 0 aromatic heterocycles. The number of benzene rings is 2. The van der Waals surface area contributed by atoms with Gasteiger partial charge >= 0.3 is 0 Å². The van der Waals surface area contributed by atoms with E-state index in [1.807, 2.05) is 24.3 Å². The molecule has 198 valence electrons. The first-order valence-electron chi connectivity index (χ1n) is 12.5. The Hall–Kier alpha value is -3.01. The van der Waals surface area contributed by atoms with Gasteiger partial charge in [-0.1, -0.05) is 6.07 Å². The zero-order valence-electron chi connectivity index (χ0n) is 21.2. The van der Waals surface area contributed by atoms with E-state index in [2.05, 4.69) is 10.6 Å². The van der Waals surface area contributed by atoms with E-state index in [-0.39, 0.29) is 19.1 Å². The fourth-order valence-corrected chi connectivity index (χ4v) is 4.04. The molecule has 0 spiro atoms. The lowest BCUT2D eigenvalue weighted by molar-refractivity contribution is -0.116. The normalized spacial score (nSPS) is 13.5. The summed E-state index contributed by atoms with van der Waals surface area (Å²) >= 11 is 0. The number of ether oxygens (including phenoxy) is 4. The number of unbranched alkanes of at least 4 members (excludes halogenated alkanes) is 2. The molecule has 9 nitrogen and oxygen atoms in total. The van der Waals surface area contributed by atoms with E-state index in [0.717, 1.165) is 36.8 Å². The average molecular weight is 503 g/mol. The maximum atomic E-state index is 12.0. The van der Waals surface area contributed by atoms with E-state index in [0.29, 0.717) is 61.2 Å². The number of carbonyl (C=O) groups is 1. The first-order chi connectivity index (χ1) is 17.5.